The molecular formula is C29H23N15O6. The molecule has 0 aliphatic rings. The van der Waals surface area contributed by atoms with Gasteiger partial charge in [-0.3, -0.25) is 9.59 Å². The van der Waals surface area contributed by atoms with Gasteiger partial charge in [-0.05, 0) is 30.7 Å². The molecule has 0 aliphatic heterocycles. The third kappa shape index (κ3) is 6.67. The van der Waals surface area contributed by atoms with Crippen LogP contribution in [0.2, 0.25) is 0 Å². The molecule has 0 aliphatic carbocycles. The summed E-state index contributed by atoms with van der Waals surface area (Å²) >= 11 is 0. The number of carbonyl (C=O) groups excluding carboxylic acids is 3. The molecule has 6 aromatic heterocycles. The summed E-state index contributed by atoms with van der Waals surface area (Å²) in [5.74, 6) is -2.30. The Morgan fingerprint density at radius 3 is 2.24 bits per heavy atom. The van der Waals surface area contributed by atoms with E-state index in [0.717, 1.165) is 9.46 Å². The van der Waals surface area contributed by atoms with Crippen molar-refractivity contribution in [3.05, 3.63) is 89.8 Å². The summed E-state index contributed by atoms with van der Waals surface area (Å²) in [5.41, 5.74) is 7.78. The van der Waals surface area contributed by atoms with Crippen LogP contribution in [0.5, 0.6) is 0 Å². The second-order valence-electron chi connectivity index (χ2n) is 10.5. The Hall–Kier alpha value is -7.45. The Labute approximate surface area is 277 Å². The highest BCUT2D eigenvalue weighted by atomic mass is 16.7. The van der Waals surface area contributed by atoms with Crippen molar-refractivity contribution in [1.29, 1.82) is 0 Å². The number of fused-ring (bicyclic) bond motifs is 3. The van der Waals surface area contributed by atoms with E-state index in [-0.39, 0.29) is 53.4 Å². The van der Waals surface area contributed by atoms with E-state index >= 15 is 0 Å². The van der Waals surface area contributed by atoms with Gasteiger partial charge in [-0.15, -0.1) is 9.46 Å². The van der Waals surface area contributed by atoms with Gasteiger partial charge in [0.2, 0.25) is 5.95 Å². The van der Waals surface area contributed by atoms with E-state index in [1.807, 2.05) is 0 Å². The molecule has 1 amide bonds. The number of H-pyrrole nitrogens is 1. The van der Waals surface area contributed by atoms with Gasteiger partial charge in [0.25, 0.3) is 5.91 Å². The van der Waals surface area contributed by atoms with E-state index in [2.05, 4.69) is 60.5 Å². The molecule has 1 aromatic carbocycles. The van der Waals surface area contributed by atoms with E-state index in [4.69, 9.17) is 15.4 Å². The highest BCUT2D eigenvalue weighted by Gasteiger charge is 2.26. The molecular weight excluding hydrogens is 654 g/mol. The first-order valence-corrected chi connectivity index (χ1v) is 14.7. The number of benzene rings is 1. The lowest BCUT2D eigenvalue weighted by molar-refractivity contribution is -0.147. The monoisotopic (exact) mass is 677 g/mol. The first-order chi connectivity index (χ1) is 24.3. The van der Waals surface area contributed by atoms with Gasteiger partial charge in [-0.1, -0.05) is 0 Å². The fraction of sp³-hybridized carbons (Fsp3) is 0.138. The molecule has 1 atom stereocenters. The number of carbonyl (C=O) groups is 3. The van der Waals surface area contributed by atoms with E-state index < -0.39 is 29.4 Å². The minimum absolute atomic E-state index is 0.0474. The topological polar surface area (TPSA) is 278 Å². The number of imidazole rings is 2. The van der Waals surface area contributed by atoms with Crippen molar-refractivity contribution in [1.82, 2.24) is 64.6 Å². The van der Waals surface area contributed by atoms with Gasteiger partial charge in [-0.2, -0.15) is 4.98 Å². The first-order valence-electron chi connectivity index (χ1n) is 14.7. The number of nitrogens with zero attached hydrogens (tertiary/aromatic N) is 11. The Bertz CT molecular complexity index is 2440. The molecule has 0 saturated heterocycles. The van der Waals surface area contributed by atoms with Crippen LogP contribution in [0.1, 0.15) is 28.9 Å². The van der Waals surface area contributed by atoms with Gasteiger partial charge in [-0.25, -0.2) is 49.5 Å². The molecule has 6 heterocycles. The van der Waals surface area contributed by atoms with Crippen LogP contribution in [0.25, 0.3) is 33.5 Å². The van der Waals surface area contributed by atoms with Crippen LogP contribution >= 0.6 is 0 Å². The molecule has 5 N–H and O–H groups in total. The van der Waals surface area contributed by atoms with Crippen LogP contribution in [0.4, 0.5) is 11.6 Å². The third-order valence-corrected chi connectivity index (χ3v) is 7.10. The Morgan fingerprint density at radius 1 is 0.860 bits per heavy atom. The molecule has 0 spiro atoms. The van der Waals surface area contributed by atoms with Crippen LogP contribution in [-0.2, 0) is 16.1 Å². The Morgan fingerprint density at radius 2 is 1.54 bits per heavy atom. The molecule has 250 valence electrons. The summed E-state index contributed by atoms with van der Waals surface area (Å²) in [5, 5.41) is 5.76. The fourth-order valence-electron chi connectivity index (χ4n) is 4.69. The fourth-order valence-corrected chi connectivity index (χ4v) is 4.69. The minimum atomic E-state index is -1.30. The molecule has 7 aromatic rings. The maximum absolute atomic E-state index is 13.4. The molecule has 50 heavy (non-hydrogen) atoms. The number of hydrogen-bond acceptors (Lipinski definition) is 17. The second kappa shape index (κ2) is 13.3. The summed E-state index contributed by atoms with van der Waals surface area (Å²) in [6.45, 7) is 0.206. The average molecular weight is 678 g/mol. The van der Waals surface area contributed by atoms with E-state index in [0.29, 0.717) is 22.4 Å². The van der Waals surface area contributed by atoms with Gasteiger partial charge < -0.3 is 31.0 Å². The number of rotatable bonds is 11. The number of aromatic amines is 1. The average Bonchev–Trinajstić information content (AvgIpc) is 3.73. The predicted octanol–water partition coefficient (Wildman–Crippen LogP) is -0.624. The van der Waals surface area contributed by atoms with Crippen molar-refractivity contribution in [3.63, 3.8) is 0 Å². The molecule has 7 rings (SSSR count). The predicted molar refractivity (Wildman–Crippen MR) is 170 cm³/mol. The second-order valence-corrected chi connectivity index (χ2v) is 10.5. The molecule has 21 nitrogen and oxygen atoms in total. The van der Waals surface area contributed by atoms with E-state index in [9.17, 15) is 19.2 Å². The molecule has 0 unspecified atom stereocenters. The Kier molecular flexibility index (Phi) is 8.32. The lowest BCUT2D eigenvalue weighted by Crippen LogP contribution is -2.45. The quantitative estimate of drug-likeness (QED) is 0.133. The number of amides is 1. The van der Waals surface area contributed by atoms with Crippen LogP contribution < -0.4 is 31.6 Å². The zero-order valence-electron chi connectivity index (χ0n) is 25.5. The number of nitrogens with one attached hydrogen (secondary N) is 3. The standard InChI is InChI=1S/C29H23N15O6/c30-29-41-23-22(27(47)42-29)39-17(8-34-23)7-33-16-3-1-15(2-4-16)26(46)40-18(28(48)50-44-14-38-20-10-32-12-36-25(20)44)5-6-21(45)49-43-13-37-19-9-31-11-35-24(19)43/h1-4,8-14,18,33H,5-7H2,(H,40,46)(H3,30,34,41,42,47)/t18-/m0/s1. The van der Waals surface area contributed by atoms with Crippen LogP contribution in [0.3, 0.4) is 0 Å². The number of aromatic nitrogens is 12. The Balaban J connectivity index is 1.02. The van der Waals surface area contributed by atoms with Crippen LogP contribution in [-0.4, -0.2) is 83.2 Å². The molecule has 0 radical (unpaired) electrons. The van der Waals surface area contributed by atoms with Crippen LogP contribution in [0, 0.1) is 0 Å². The summed E-state index contributed by atoms with van der Waals surface area (Å²) in [4.78, 5) is 101. The smallest absolute Gasteiger partial charge is 0.355 e. The molecule has 21 heteroatoms. The SMILES string of the molecule is Nc1nc(=O)c2nc(CNc3ccc(C(=O)N[C@@H](CCC(=O)On4cnc5cncnc54)C(=O)On4cnc5cncnc54)cc3)cnc2[nH]1. The molecule has 0 bridgehead atoms. The van der Waals surface area contributed by atoms with Crippen LogP contribution in [0.15, 0.2) is 73.0 Å². The summed E-state index contributed by atoms with van der Waals surface area (Å²) in [6, 6.07) is 5.04. The van der Waals surface area contributed by atoms with Gasteiger partial charge in [0, 0.05) is 11.3 Å². The highest BCUT2D eigenvalue weighted by Crippen LogP contribution is 2.14. The number of nitrogen functional groups attached to an aromatic ring is 1. The first kappa shape index (κ1) is 31.2. The van der Waals surface area contributed by atoms with E-state index in [1.54, 1.807) is 12.1 Å². The maximum atomic E-state index is 13.4. The summed E-state index contributed by atoms with van der Waals surface area (Å²) in [7, 11) is 0. The lowest BCUT2D eigenvalue weighted by atomic mass is 10.1. The summed E-state index contributed by atoms with van der Waals surface area (Å²) in [6.07, 6.45) is 8.92. The van der Waals surface area contributed by atoms with Crippen molar-refractivity contribution in [2.75, 3.05) is 11.1 Å². The maximum Gasteiger partial charge on any atom is 0.355 e. The third-order valence-electron chi connectivity index (χ3n) is 7.10. The van der Waals surface area contributed by atoms with Crippen molar-refractivity contribution < 1.29 is 24.1 Å². The van der Waals surface area contributed by atoms with Crippen molar-refractivity contribution >= 4 is 63.0 Å². The number of anilines is 2. The highest BCUT2D eigenvalue weighted by molar-refractivity contribution is 5.97. The van der Waals surface area contributed by atoms with Crippen molar-refractivity contribution in [2.45, 2.75) is 25.4 Å². The molecule has 0 fully saturated rings. The van der Waals surface area contributed by atoms with E-state index in [1.165, 1.54) is 56.0 Å². The van der Waals surface area contributed by atoms with Crippen molar-refractivity contribution in [2.24, 2.45) is 0 Å². The zero-order valence-corrected chi connectivity index (χ0v) is 25.5. The summed E-state index contributed by atoms with van der Waals surface area (Å²) < 4.78 is 2.12. The largest absolute Gasteiger partial charge is 0.379 e. The lowest BCUT2D eigenvalue weighted by Gasteiger charge is -2.17. The molecule has 0 saturated carbocycles. The van der Waals surface area contributed by atoms with Crippen molar-refractivity contribution in [3.8, 4) is 0 Å². The van der Waals surface area contributed by atoms with Gasteiger partial charge in [0.1, 0.15) is 42.4 Å². The van der Waals surface area contributed by atoms with Gasteiger partial charge in [0.05, 0.1) is 37.3 Å². The zero-order chi connectivity index (χ0) is 34.6. The van der Waals surface area contributed by atoms with Gasteiger partial charge >= 0.3 is 17.5 Å². The number of hydrogen-bond donors (Lipinski definition) is 4. The normalized spacial score (nSPS) is 11.8. The van der Waals surface area contributed by atoms with Gasteiger partial charge in [0.15, 0.2) is 22.5 Å². The number of nitrogens with two attached hydrogens (primary N) is 1. The minimum Gasteiger partial charge on any atom is -0.379 e.